The summed E-state index contributed by atoms with van der Waals surface area (Å²) in [6.45, 7) is 2.96. The monoisotopic (exact) mass is 481 g/mol. The van der Waals surface area contributed by atoms with Crippen LogP contribution < -0.4 is 11.1 Å². The summed E-state index contributed by atoms with van der Waals surface area (Å²) in [5, 5.41) is 25.1. The van der Waals surface area contributed by atoms with Crippen molar-refractivity contribution in [1.82, 2.24) is 15.2 Å². The van der Waals surface area contributed by atoms with E-state index in [9.17, 15) is 29.5 Å². The molecule has 0 aliphatic carbocycles. The molecule has 0 bridgehead atoms. The van der Waals surface area contributed by atoms with E-state index in [-0.39, 0.29) is 34.5 Å². The lowest BCUT2D eigenvalue weighted by Gasteiger charge is -2.49. The number of carbonyl (C=O) groups is 4. The number of carbonyl (C=O) groups excluding carboxylic acids is 3. The summed E-state index contributed by atoms with van der Waals surface area (Å²) >= 11 is 2.25. The highest BCUT2D eigenvalue weighted by atomic mass is 32.2. The van der Waals surface area contributed by atoms with Gasteiger partial charge in [-0.1, -0.05) is 11.2 Å². The zero-order valence-electron chi connectivity index (χ0n) is 16.9. The highest BCUT2D eigenvalue weighted by Crippen LogP contribution is 2.40. The molecule has 2 aliphatic heterocycles. The summed E-state index contributed by atoms with van der Waals surface area (Å²) in [6.07, 6.45) is 1.57. The Morgan fingerprint density at radius 3 is 2.75 bits per heavy atom. The molecular formula is C18H19N5O7S2. The molecule has 170 valence electrons. The van der Waals surface area contributed by atoms with Crippen molar-refractivity contribution < 1.29 is 34.2 Å². The summed E-state index contributed by atoms with van der Waals surface area (Å²) in [7, 11) is 0. The van der Waals surface area contributed by atoms with Crippen molar-refractivity contribution in [1.29, 1.82) is 0 Å². The number of esters is 1. The van der Waals surface area contributed by atoms with E-state index in [1.54, 1.807) is 19.9 Å². The lowest BCUT2D eigenvalue weighted by Crippen LogP contribution is -2.71. The number of rotatable bonds is 7. The van der Waals surface area contributed by atoms with Gasteiger partial charge >= 0.3 is 11.9 Å². The van der Waals surface area contributed by atoms with E-state index < -0.39 is 40.9 Å². The minimum absolute atomic E-state index is 0.0408. The van der Waals surface area contributed by atoms with E-state index in [1.165, 1.54) is 17.1 Å². The third-order valence-corrected chi connectivity index (χ3v) is 6.76. The number of amides is 2. The van der Waals surface area contributed by atoms with Crippen molar-refractivity contribution in [3.05, 3.63) is 34.0 Å². The van der Waals surface area contributed by atoms with Gasteiger partial charge in [0.1, 0.15) is 29.4 Å². The molecule has 0 saturated carbocycles. The largest absolute Gasteiger partial charge is 0.477 e. The summed E-state index contributed by atoms with van der Waals surface area (Å²) in [5.74, 6) is -3.28. The van der Waals surface area contributed by atoms with E-state index in [2.05, 4.69) is 15.5 Å². The molecular weight excluding hydrogens is 462 g/mol. The number of hydrogen-bond acceptors (Lipinski definition) is 11. The number of nitrogens with zero attached hydrogens (tertiary/aromatic N) is 3. The molecule has 2 aliphatic rings. The molecule has 14 heteroatoms. The molecule has 0 radical (unpaired) electrons. The molecule has 12 nitrogen and oxygen atoms in total. The maximum Gasteiger partial charge on any atom is 0.352 e. The van der Waals surface area contributed by atoms with Crippen molar-refractivity contribution >= 4 is 57.7 Å². The predicted molar refractivity (Wildman–Crippen MR) is 115 cm³/mol. The number of β-lactam (4-membered cyclic amide) rings is 1. The van der Waals surface area contributed by atoms with Crippen LogP contribution in [0.5, 0.6) is 0 Å². The second-order valence-corrected chi connectivity index (χ2v) is 8.68. The van der Waals surface area contributed by atoms with E-state index >= 15 is 0 Å². The smallest absolute Gasteiger partial charge is 0.352 e. The number of thioether (sulfide) groups is 1. The third-order valence-electron chi connectivity index (χ3n) is 4.75. The number of aliphatic carboxylic acids is 1. The highest BCUT2D eigenvalue weighted by Gasteiger charge is 2.54. The highest BCUT2D eigenvalue weighted by molar-refractivity contribution is 8.00. The first-order valence-corrected chi connectivity index (χ1v) is 11.1. The van der Waals surface area contributed by atoms with Crippen LogP contribution in [0.1, 0.15) is 19.5 Å². The molecule has 0 spiro atoms. The molecule has 0 unspecified atom stereocenters. The minimum atomic E-state index is -1.35. The van der Waals surface area contributed by atoms with Crippen LogP contribution >= 0.6 is 23.1 Å². The van der Waals surface area contributed by atoms with Crippen molar-refractivity contribution in [2.75, 3.05) is 18.1 Å². The summed E-state index contributed by atoms with van der Waals surface area (Å²) < 4.78 is 5.14. The second-order valence-electron chi connectivity index (χ2n) is 6.69. The van der Waals surface area contributed by atoms with Crippen LogP contribution in [0.25, 0.3) is 0 Å². The molecule has 3 heterocycles. The van der Waals surface area contributed by atoms with Gasteiger partial charge < -0.3 is 26.1 Å². The van der Waals surface area contributed by atoms with Gasteiger partial charge in [-0.3, -0.25) is 14.5 Å². The minimum Gasteiger partial charge on any atom is -0.477 e. The van der Waals surface area contributed by atoms with Crippen molar-refractivity contribution in [2.45, 2.75) is 25.3 Å². The fourth-order valence-electron chi connectivity index (χ4n) is 3.00. The number of nitrogen functional groups attached to an aromatic ring is 1. The van der Waals surface area contributed by atoms with Gasteiger partial charge in [-0.05, 0) is 13.8 Å². The number of oxime groups is 1. The number of thiazole rings is 1. The first-order chi connectivity index (χ1) is 15.2. The molecule has 3 rings (SSSR count). The van der Waals surface area contributed by atoms with Gasteiger partial charge in [-0.25, -0.2) is 14.6 Å². The average molecular weight is 482 g/mol. The standard InChI is InChI=1S/C18H19N5O7S2/c1-3-7(2)17(28)30-4-8-5-31-15-11(14(25)23(15)12(8)16(26)27)21-13(24)10(22-29)9-6-32-18(19)20-9/h3,6,11,15,29H,4-5H2,1-2H3,(H2,19,20)(H,21,24)(H,26,27)/b7-3-,22-10-/t11-,15-/m1/s1. The third kappa shape index (κ3) is 4.31. The fraction of sp³-hybridized carbons (Fsp3) is 0.333. The summed E-state index contributed by atoms with van der Waals surface area (Å²) in [6, 6.07) is -1.04. The Labute approximate surface area is 189 Å². The van der Waals surface area contributed by atoms with E-state index in [0.29, 0.717) is 5.57 Å². The number of nitrogens with two attached hydrogens (primary N) is 1. The zero-order valence-corrected chi connectivity index (χ0v) is 18.5. The Morgan fingerprint density at radius 1 is 1.47 bits per heavy atom. The molecule has 1 aromatic heterocycles. The Morgan fingerprint density at radius 2 is 2.19 bits per heavy atom. The van der Waals surface area contributed by atoms with Crippen LogP contribution in [0.2, 0.25) is 0 Å². The van der Waals surface area contributed by atoms with Crippen LogP contribution in [0.15, 0.2) is 33.5 Å². The fourth-order valence-corrected chi connectivity index (χ4v) is 4.87. The van der Waals surface area contributed by atoms with Crippen LogP contribution in [-0.2, 0) is 23.9 Å². The molecule has 2 amide bonds. The predicted octanol–water partition coefficient (Wildman–Crippen LogP) is 0.152. The average Bonchev–Trinajstić information content (AvgIpc) is 3.20. The lowest BCUT2D eigenvalue weighted by atomic mass is 10.0. The normalized spacial score (nSPS) is 21.1. The van der Waals surface area contributed by atoms with Crippen LogP contribution in [0, 0.1) is 0 Å². The Kier molecular flexibility index (Phi) is 6.84. The SMILES string of the molecule is C/C=C(/C)C(=O)OCC1=C(C(=O)O)N2C(=O)[C@@H](NC(=O)/C(=N\O)c3csc(N)n3)[C@H]2SC1. The summed E-state index contributed by atoms with van der Waals surface area (Å²) in [4.78, 5) is 53.8. The molecule has 2 atom stereocenters. The van der Waals surface area contributed by atoms with E-state index in [1.807, 2.05) is 0 Å². The van der Waals surface area contributed by atoms with Crippen molar-refractivity contribution in [2.24, 2.45) is 5.16 Å². The summed E-state index contributed by atoms with van der Waals surface area (Å²) in [5.41, 5.74) is 5.50. The quantitative estimate of drug-likeness (QED) is 0.104. The van der Waals surface area contributed by atoms with Crippen LogP contribution in [-0.4, -0.2) is 73.4 Å². The van der Waals surface area contributed by atoms with Crippen LogP contribution in [0.3, 0.4) is 0 Å². The van der Waals surface area contributed by atoms with E-state index in [0.717, 1.165) is 16.2 Å². The number of allylic oxidation sites excluding steroid dienone is 1. The number of fused-ring (bicyclic) bond motifs is 1. The van der Waals surface area contributed by atoms with Gasteiger partial charge in [0, 0.05) is 22.3 Å². The molecule has 1 aromatic rings. The van der Waals surface area contributed by atoms with Gasteiger partial charge in [-0.15, -0.1) is 23.1 Å². The lowest BCUT2D eigenvalue weighted by molar-refractivity contribution is -0.150. The second kappa shape index (κ2) is 9.40. The number of aromatic nitrogens is 1. The Hall–Kier alpha value is -3.39. The zero-order chi connectivity index (χ0) is 23.6. The molecule has 32 heavy (non-hydrogen) atoms. The Balaban J connectivity index is 1.74. The molecule has 0 aromatic carbocycles. The molecule has 5 N–H and O–H groups in total. The maximum absolute atomic E-state index is 12.7. The van der Waals surface area contributed by atoms with Crippen LogP contribution in [0.4, 0.5) is 5.13 Å². The van der Waals surface area contributed by atoms with Crippen molar-refractivity contribution in [3.8, 4) is 0 Å². The van der Waals surface area contributed by atoms with Gasteiger partial charge in [0.2, 0.25) is 0 Å². The number of carboxylic acids is 1. The van der Waals surface area contributed by atoms with Crippen molar-refractivity contribution in [3.63, 3.8) is 0 Å². The first-order valence-electron chi connectivity index (χ1n) is 9.13. The number of hydrogen-bond donors (Lipinski definition) is 4. The number of carboxylic acid groups (broad SMARTS) is 1. The molecule has 1 saturated heterocycles. The Bertz CT molecular complexity index is 1080. The maximum atomic E-state index is 12.7. The van der Waals surface area contributed by atoms with Gasteiger partial charge in [0.25, 0.3) is 11.8 Å². The van der Waals surface area contributed by atoms with E-state index in [4.69, 9.17) is 10.5 Å². The molecule has 1 fully saturated rings. The topological polar surface area (TPSA) is 185 Å². The number of nitrogens with one attached hydrogen (secondary N) is 1. The first kappa shape index (κ1) is 23.3. The number of anilines is 1. The van der Waals surface area contributed by atoms with Gasteiger partial charge in [-0.2, -0.15) is 0 Å². The number of ether oxygens (including phenoxy) is 1. The van der Waals surface area contributed by atoms with Gasteiger partial charge in [0.05, 0.1) is 0 Å². The van der Waals surface area contributed by atoms with Gasteiger partial charge in [0.15, 0.2) is 10.8 Å².